The van der Waals surface area contributed by atoms with Crippen LogP contribution in [0.1, 0.15) is 75.1 Å². The molecule has 43 heavy (non-hydrogen) atoms. The zero-order chi connectivity index (χ0) is 32.2. The van der Waals surface area contributed by atoms with Crippen LogP contribution in [-0.4, -0.2) is 66.2 Å². The molecule has 0 radical (unpaired) electrons. The van der Waals surface area contributed by atoms with Crippen LogP contribution in [0.3, 0.4) is 0 Å². The van der Waals surface area contributed by atoms with E-state index in [0.29, 0.717) is 6.42 Å². The molecule has 2 aromatic carbocycles. The lowest BCUT2D eigenvalue weighted by molar-refractivity contribution is -0.139. The number of para-hydroxylation sites is 1. The first-order chi connectivity index (χ1) is 20.2. The quantitative estimate of drug-likeness (QED) is 0.146. The van der Waals surface area contributed by atoms with Crippen LogP contribution in [0.4, 0.5) is 4.79 Å². The Morgan fingerprint density at radius 2 is 1.58 bits per heavy atom. The molecule has 13 nitrogen and oxygen atoms in total. The zero-order valence-corrected chi connectivity index (χ0v) is 25.0. The average molecular weight is 604 g/mol. The van der Waals surface area contributed by atoms with Crippen molar-refractivity contribution in [2.45, 2.75) is 72.1 Å². The topological polar surface area (TPSA) is 173 Å². The summed E-state index contributed by atoms with van der Waals surface area (Å²) in [5, 5.41) is 12.4. The summed E-state index contributed by atoms with van der Waals surface area (Å²) in [7, 11) is 0. The summed E-state index contributed by atoms with van der Waals surface area (Å²) in [6.45, 7) is 8.83. The Morgan fingerprint density at radius 1 is 0.907 bits per heavy atom. The van der Waals surface area contributed by atoms with E-state index in [-0.39, 0.29) is 35.0 Å². The minimum Gasteiger partial charge on any atom is -0.490 e. The molecular weight excluding hydrogens is 566 g/mol. The van der Waals surface area contributed by atoms with Crippen molar-refractivity contribution in [3.63, 3.8) is 0 Å². The van der Waals surface area contributed by atoms with Gasteiger partial charge in [0.25, 0.3) is 0 Å². The molecule has 0 aliphatic carbocycles. The molecule has 1 amide bonds. The maximum Gasteiger partial charge on any atom is 0.408 e. The summed E-state index contributed by atoms with van der Waals surface area (Å²) in [4.78, 5) is 61.7. The molecule has 0 aliphatic heterocycles. The molecule has 2 rings (SSSR count). The fourth-order valence-corrected chi connectivity index (χ4v) is 3.32. The molecule has 0 aromatic heterocycles. The van der Waals surface area contributed by atoms with E-state index in [1.807, 2.05) is 6.92 Å². The number of carbonyl (C=O) groups is 5. The maximum atomic E-state index is 13.0. The number of alkyl carbamates (subject to hydrolysis) is 1. The first kappa shape index (κ1) is 34.6. The molecule has 0 bridgehead atoms. The molecule has 2 N–H and O–H groups in total. The predicted octanol–water partition coefficient (Wildman–Crippen LogP) is 3.94. The Morgan fingerprint density at radius 3 is 2.21 bits per heavy atom. The number of aliphatic hydroxyl groups excluding tert-OH is 1. The van der Waals surface area contributed by atoms with Gasteiger partial charge in [-0.25, -0.2) is 19.2 Å². The molecule has 0 aliphatic rings. The third-order valence-electron chi connectivity index (χ3n) is 5.29. The highest BCUT2D eigenvalue weighted by atomic mass is 16.7. The van der Waals surface area contributed by atoms with Gasteiger partial charge >= 0.3 is 30.0 Å². The first-order valence-electron chi connectivity index (χ1n) is 13.5. The number of carbonyl (C=O) groups excluding carboxylic acids is 5. The van der Waals surface area contributed by atoms with Crippen LogP contribution in [0.5, 0.6) is 17.2 Å². The maximum absolute atomic E-state index is 13.0. The van der Waals surface area contributed by atoms with E-state index < -0.39 is 54.5 Å². The standard InChI is InChI=1S/C30H37NO12/c1-7-8-15-38-23-14-13-20(16-24(23)42-28(36)25(18(2)32)31-29(37)43-30(4,5)6)26(34)39-17-40-27(35)21-11-9-10-12-22(21)41-19(3)33/h9-14,16,18,25,32H,7-8,15,17H2,1-6H3,(H,31,37). The largest absolute Gasteiger partial charge is 0.490 e. The van der Waals surface area contributed by atoms with Crippen molar-refractivity contribution in [2.24, 2.45) is 0 Å². The highest BCUT2D eigenvalue weighted by Gasteiger charge is 2.31. The summed E-state index contributed by atoms with van der Waals surface area (Å²) < 4.78 is 31.3. The van der Waals surface area contributed by atoms with Crippen molar-refractivity contribution in [3.05, 3.63) is 53.6 Å². The molecule has 2 unspecified atom stereocenters. The third kappa shape index (κ3) is 11.6. The van der Waals surface area contributed by atoms with Gasteiger partial charge in [-0.15, -0.1) is 0 Å². The lowest BCUT2D eigenvalue weighted by atomic mass is 10.1. The molecule has 0 saturated carbocycles. The van der Waals surface area contributed by atoms with Crippen molar-refractivity contribution in [1.82, 2.24) is 5.32 Å². The van der Waals surface area contributed by atoms with Crippen LogP contribution < -0.4 is 19.5 Å². The number of ether oxygens (including phenoxy) is 6. The highest BCUT2D eigenvalue weighted by Crippen LogP contribution is 2.30. The van der Waals surface area contributed by atoms with E-state index in [9.17, 15) is 29.1 Å². The van der Waals surface area contributed by atoms with E-state index in [2.05, 4.69) is 5.32 Å². The van der Waals surface area contributed by atoms with Gasteiger partial charge in [0.15, 0.2) is 17.5 Å². The number of hydrogen-bond donors (Lipinski definition) is 2. The molecule has 234 valence electrons. The van der Waals surface area contributed by atoms with Gasteiger partial charge in [0.1, 0.15) is 16.9 Å². The second kappa shape index (κ2) is 16.1. The summed E-state index contributed by atoms with van der Waals surface area (Å²) in [5.74, 6) is -3.60. The molecule has 0 fully saturated rings. The summed E-state index contributed by atoms with van der Waals surface area (Å²) in [6.07, 6.45) is -0.789. The molecular formula is C30H37NO12. The van der Waals surface area contributed by atoms with Gasteiger partial charge < -0.3 is 38.8 Å². The van der Waals surface area contributed by atoms with Crippen molar-refractivity contribution in [3.8, 4) is 17.2 Å². The van der Waals surface area contributed by atoms with E-state index >= 15 is 0 Å². The first-order valence-corrected chi connectivity index (χ1v) is 13.5. The fraction of sp³-hybridized carbons (Fsp3) is 0.433. The summed E-state index contributed by atoms with van der Waals surface area (Å²) in [5.41, 5.74) is -0.994. The number of esters is 4. The minimum absolute atomic E-state index is 0.0203. The lowest BCUT2D eigenvalue weighted by Crippen LogP contribution is -2.50. The molecule has 0 saturated heterocycles. The number of nitrogens with one attached hydrogen (secondary N) is 1. The number of amides is 1. The summed E-state index contributed by atoms with van der Waals surface area (Å²) >= 11 is 0. The van der Waals surface area contributed by atoms with E-state index in [1.54, 1.807) is 26.8 Å². The molecule has 0 heterocycles. The van der Waals surface area contributed by atoms with Crippen molar-refractivity contribution in [1.29, 1.82) is 0 Å². The normalized spacial score (nSPS) is 12.3. The van der Waals surface area contributed by atoms with E-state index in [0.717, 1.165) is 6.42 Å². The van der Waals surface area contributed by atoms with E-state index in [1.165, 1.54) is 50.2 Å². The van der Waals surface area contributed by atoms with Gasteiger partial charge in [-0.05, 0) is 64.4 Å². The van der Waals surface area contributed by atoms with Crippen LogP contribution in [0.2, 0.25) is 0 Å². The molecule has 13 heteroatoms. The second-order valence-corrected chi connectivity index (χ2v) is 10.2. The van der Waals surface area contributed by atoms with Gasteiger partial charge in [0, 0.05) is 6.92 Å². The Hall–Kier alpha value is -4.65. The van der Waals surface area contributed by atoms with Crippen molar-refractivity contribution >= 4 is 30.0 Å². The van der Waals surface area contributed by atoms with Gasteiger partial charge in [-0.1, -0.05) is 25.5 Å². The highest BCUT2D eigenvalue weighted by molar-refractivity contribution is 5.94. The van der Waals surface area contributed by atoms with Crippen LogP contribution in [0, 0.1) is 0 Å². The minimum atomic E-state index is -1.51. The second-order valence-electron chi connectivity index (χ2n) is 10.2. The van der Waals surface area contributed by atoms with Gasteiger partial charge in [-0.3, -0.25) is 4.79 Å². The smallest absolute Gasteiger partial charge is 0.408 e. The van der Waals surface area contributed by atoms with Crippen LogP contribution in [-0.2, 0) is 23.8 Å². The summed E-state index contributed by atoms with van der Waals surface area (Å²) in [6, 6.07) is 8.27. The Balaban J connectivity index is 2.17. The van der Waals surface area contributed by atoms with Crippen molar-refractivity contribution < 1.29 is 57.5 Å². The predicted molar refractivity (Wildman–Crippen MR) is 151 cm³/mol. The lowest BCUT2D eigenvalue weighted by Gasteiger charge is -2.24. The fourth-order valence-electron chi connectivity index (χ4n) is 3.32. The number of rotatable bonds is 13. The SMILES string of the molecule is CCCCOc1ccc(C(=O)OCOC(=O)c2ccccc2OC(C)=O)cc1OC(=O)C(NC(=O)OC(C)(C)C)C(C)O. The van der Waals surface area contributed by atoms with E-state index in [4.69, 9.17) is 28.4 Å². The average Bonchev–Trinajstić information content (AvgIpc) is 2.91. The van der Waals surface area contributed by atoms with Crippen LogP contribution >= 0.6 is 0 Å². The van der Waals surface area contributed by atoms with Gasteiger partial charge in [-0.2, -0.15) is 0 Å². The number of unbranched alkanes of at least 4 members (excludes halogenated alkanes) is 1. The van der Waals surface area contributed by atoms with Gasteiger partial charge in [0.2, 0.25) is 6.79 Å². The Kier molecular flexibility index (Phi) is 12.9. The number of hydrogen-bond acceptors (Lipinski definition) is 12. The molecule has 2 aromatic rings. The molecule has 2 atom stereocenters. The number of aliphatic hydroxyl groups is 1. The van der Waals surface area contributed by atoms with Gasteiger partial charge in [0.05, 0.1) is 18.3 Å². The number of benzene rings is 2. The van der Waals surface area contributed by atoms with Crippen molar-refractivity contribution in [2.75, 3.05) is 13.4 Å². The molecule has 0 spiro atoms. The monoisotopic (exact) mass is 603 g/mol. The van der Waals surface area contributed by atoms with Crippen LogP contribution in [0.15, 0.2) is 42.5 Å². The van der Waals surface area contributed by atoms with Crippen LogP contribution in [0.25, 0.3) is 0 Å². The third-order valence-corrected chi connectivity index (χ3v) is 5.29. The Bertz CT molecular complexity index is 1300. The Labute approximate surface area is 249 Å². The zero-order valence-electron chi connectivity index (χ0n) is 25.0.